The third-order valence-electron chi connectivity index (χ3n) is 2.07. The van der Waals surface area contributed by atoms with Gasteiger partial charge in [-0.1, -0.05) is 6.92 Å². The van der Waals surface area contributed by atoms with Crippen molar-refractivity contribution in [3.05, 3.63) is 28.0 Å². The van der Waals surface area contributed by atoms with Gasteiger partial charge in [-0.15, -0.1) is 0 Å². The highest BCUT2D eigenvalue weighted by atomic mass is 79.9. The number of methoxy groups -OCH3 is 1. The largest absolute Gasteiger partial charge is 0.497 e. The number of ether oxygens (including phenoxy) is 1. The molecule has 0 aromatic heterocycles. The van der Waals surface area contributed by atoms with E-state index in [1.54, 1.807) is 19.1 Å². The number of aliphatic hydroxyl groups excluding tert-OH is 1. The van der Waals surface area contributed by atoms with E-state index >= 15 is 0 Å². The van der Waals surface area contributed by atoms with Crippen LogP contribution < -0.4 is 4.74 Å². The van der Waals surface area contributed by atoms with Gasteiger partial charge in [0, 0.05) is 12.5 Å². The van der Waals surface area contributed by atoms with Crippen LogP contribution in [0.15, 0.2) is 16.6 Å². The van der Waals surface area contributed by atoms with Gasteiger partial charge < -0.3 is 9.84 Å². The van der Waals surface area contributed by atoms with Gasteiger partial charge in [-0.3, -0.25) is 0 Å². The molecular formula is C10H12BrFO2. The highest BCUT2D eigenvalue weighted by Crippen LogP contribution is 2.29. The highest BCUT2D eigenvalue weighted by Gasteiger charge is 2.14. The Bertz CT molecular complexity index is 328. The van der Waals surface area contributed by atoms with Crippen molar-refractivity contribution in [3.8, 4) is 5.75 Å². The number of halogens is 2. The van der Waals surface area contributed by atoms with Gasteiger partial charge in [-0.05, 0) is 33.6 Å². The van der Waals surface area contributed by atoms with Gasteiger partial charge in [0.1, 0.15) is 11.6 Å². The van der Waals surface area contributed by atoms with Crippen LogP contribution in [0.4, 0.5) is 4.39 Å². The minimum atomic E-state index is -0.340. The first-order valence-corrected chi connectivity index (χ1v) is 5.03. The molecule has 14 heavy (non-hydrogen) atoms. The average molecular weight is 263 g/mol. The van der Waals surface area contributed by atoms with Crippen molar-refractivity contribution >= 4 is 15.9 Å². The van der Waals surface area contributed by atoms with E-state index < -0.39 is 0 Å². The summed E-state index contributed by atoms with van der Waals surface area (Å²) in [6.07, 6.45) is 0. The molecule has 2 nitrogen and oxygen atoms in total. The number of benzene rings is 1. The van der Waals surface area contributed by atoms with E-state index in [0.29, 0.717) is 15.8 Å². The number of rotatable bonds is 3. The SMILES string of the molecule is COc1cc(Br)c(F)c(C(C)CO)c1. The fourth-order valence-electron chi connectivity index (χ4n) is 1.16. The summed E-state index contributed by atoms with van der Waals surface area (Å²) in [7, 11) is 1.52. The Balaban J connectivity index is 3.20. The molecule has 0 amide bonds. The van der Waals surface area contributed by atoms with Crippen molar-refractivity contribution in [2.24, 2.45) is 0 Å². The summed E-state index contributed by atoms with van der Waals surface area (Å²) >= 11 is 3.10. The molecule has 0 heterocycles. The van der Waals surface area contributed by atoms with E-state index in [4.69, 9.17) is 9.84 Å². The first-order valence-electron chi connectivity index (χ1n) is 4.24. The molecule has 0 saturated heterocycles. The Morgan fingerprint density at radius 1 is 1.57 bits per heavy atom. The molecule has 1 aromatic carbocycles. The van der Waals surface area contributed by atoms with Crippen LogP contribution in [0.25, 0.3) is 0 Å². The summed E-state index contributed by atoms with van der Waals surface area (Å²) in [5, 5.41) is 8.94. The first-order chi connectivity index (χ1) is 6.60. The number of hydrogen-bond donors (Lipinski definition) is 1. The molecule has 4 heteroatoms. The summed E-state index contributed by atoms with van der Waals surface area (Å²) in [5.74, 6) is 0.00215. The maximum Gasteiger partial charge on any atom is 0.141 e. The molecule has 0 aliphatic carbocycles. The zero-order chi connectivity index (χ0) is 10.7. The van der Waals surface area contributed by atoms with Crippen LogP contribution in [0, 0.1) is 5.82 Å². The van der Waals surface area contributed by atoms with Gasteiger partial charge in [0.25, 0.3) is 0 Å². The second-order valence-electron chi connectivity index (χ2n) is 3.10. The van der Waals surface area contributed by atoms with Crippen molar-refractivity contribution in [1.82, 2.24) is 0 Å². The van der Waals surface area contributed by atoms with Crippen molar-refractivity contribution < 1.29 is 14.2 Å². The lowest BCUT2D eigenvalue weighted by Gasteiger charge is -2.12. The smallest absolute Gasteiger partial charge is 0.141 e. The second-order valence-corrected chi connectivity index (χ2v) is 3.95. The lowest BCUT2D eigenvalue weighted by Crippen LogP contribution is -2.03. The van der Waals surface area contributed by atoms with E-state index in [9.17, 15) is 4.39 Å². The van der Waals surface area contributed by atoms with Crippen LogP contribution in [0.2, 0.25) is 0 Å². The minimum Gasteiger partial charge on any atom is -0.497 e. The molecule has 1 atom stereocenters. The second kappa shape index (κ2) is 4.75. The molecule has 0 spiro atoms. The van der Waals surface area contributed by atoms with Crippen LogP contribution in [0.1, 0.15) is 18.4 Å². The normalized spacial score (nSPS) is 12.6. The monoisotopic (exact) mass is 262 g/mol. The molecule has 1 aromatic rings. The van der Waals surface area contributed by atoms with Crippen LogP contribution in [-0.4, -0.2) is 18.8 Å². The van der Waals surface area contributed by atoms with E-state index in [2.05, 4.69) is 15.9 Å². The van der Waals surface area contributed by atoms with E-state index in [1.807, 2.05) is 0 Å². The Morgan fingerprint density at radius 2 is 2.21 bits per heavy atom. The topological polar surface area (TPSA) is 29.5 Å². The molecular weight excluding hydrogens is 251 g/mol. The molecule has 0 radical (unpaired) electrons. The Kier molecular flexibility index (Phi) is 3.89. The predicted octanol–water partition coefficient (Wildman–Crippen LogP) is 2.69. The molecule has 1 N–H and O–H groups in total. The number of hydrogen-bond acceptors (Lipinski definition) is 2. The van der Waals surface area contributed by atoms with Crippen molar-refractivity contribution in [1.29, 1.82) is 0 Å². The fourth-order valence-corrected chi connectivity index (χ4v) is 1.61. The Morgan fingerprint density at radius 3 is 2.71 bits per heavy atom. The zero-order valence-electron chi connectivity index (χ0n) is 8.05. The van der Waals surface area contributed by atoms with Crippen LogP contribution in [-0.2, 0) is 0 Å². The summed E-state index contributed by atoms with van der Waals surface area (Å²) < 4.78 is 18.9. The van der Waals surface area contributed by atoms with E-state index in [-0.39, 0.29) is 18.3 Å². The number of aliphatic hydroxyl groups is 1. The van der Waals surface area contributed by atoms with Gasteiger partial charge in [0.05, 0.1) is 11.6 Å². The third kappa shape index (κ3) is 2.25. The summed E-state index contributed by atoms with van der Waals surface area (Å²) in [6, 6.07) is 3.16. The summed E-state index contributed by atoms with van der Waals surface area (Å²) in [4.78, 5) is 0. The third-order valence-corrected chi connectivity index (χ3v) is 2.65. The fraction of sp³-hybridized carbons (Fsp3) is 0.400. The predicted molar refractivity (Wildman–Crippen MR) is 56.2 cm³/mol. The first kappa shape index (κ1) is 11.5. The Labute approximate surface area is 90.8 Å². The molecule has 0 fully saturated rings. The molecule has 0 saturated carbocycles. The molecule has 1 unspecified atom stereocenters. The van der Waals surface area contributed by atoms with E-state index in [1.165, 1.54) is 7.11 Å². The summed E-state index contributed by atoms with van der Waals surface area (Å²) in [6.45, 7) is 1.67. The Hall–Kier alpha value is -0.610. The van der Waals surface area contributed by atoms with Crippen LogP contribution in [0.3, 0.4) is 0 Å². The van der Waals surface area contributed by atoms with Crippen LogP contribution in [0.5, 0.6) is 5.75 Å². The minimum absolute atomic E-state index is 0.0868. The molecule has 0 bridgehead atoms. The molecule has 78 valence electrons. The highest BCUT2D eigenvalue weighted by molar-refractivity contribution is 9.10. The van der Waals surface area contributed by atoms with E-state index in [0.717, 1.165) is 0 Å². The van der Waals surface area contributed by atoms with Gasteiger partial charge in [-0.2, -0.15) is 0 Å². The van der Waals surface area contributed by atoms with Gasteiger partial charge in [0.2, 0.25) is 0 Å². The maximum atomic E-state index is 13.5. The molecule has 0 aliphatic heterocycles. The van der Waals surface area contributed by atoms with Gasteiger partial charge in [0.15, 0.2) is 0 Å². The quantitative estimate of drug-likeness (QED) is 0.908. The zero-order valence-corrected chi connectivity index (χ0v) is 9.64. The lowest BCUT2D eigenvalue weighted by molar-refractivity contribution is 0.270. The van der Waals surface area contributed by atoms with Gasteiger partial charge in [-0.25, -0.2) is 4.39 Å². The van der Waals surface area contributed by atoms with Crippen molar-refractivity contribution in [3.63, 3.8) is 0 Å². The van der Waals surface area contributed by atoms with Crippen molar-refractivity contribution in [2.45, 2.75) is 12.8 Å². The summed E-state index contributed by atoms with van der Waals surface area (Å²) in [5.41, 5.74) is 0.457. The average Bonchev–Trinajstić information content (AvgIpc) is 2.20. The lowest BCUT2D eigenvalue weighted by atomic mass is 10.0. The molecule has 1 rings (SSSR count). The standard InChI is InChI=1S/C10H12BrFO2/c1-6(5-13)8-3-7(14-2)4-9(11)10(8)12/h3-4,6,13H,5H2,1-2H3. The molecule has 0 aliphatic rings. The maximum absolute atomic E-state index is 13.5. The van der Waals surface area contributed by atoms with Gasteiger partial charge >= 0.3 is 0 Å². The van der Waals surface area contributed by atoms with Crippen molar-refractivity contribution in [2.75, 3.05) is 13.7 Å². The van der Waals surface area contributed by atoms with Crippen LogP contribution >= 0.6 is 15.9 Å².